The van der Waals surface area contributed by atoms with Gasteiger partial charge in [0, 0.05) is 30.1 Å². The van der Waals surface area contributed by atoms with E-state index in [2.05, 4.69) is 4.98 Å². The normalized spacial score (nSPS) is 12.5. The van der Waals surface area contributed by atoms with E-state index in [0.717, 1.165) is 24.3 Å². The predicted molar refractivity (Wildman–Crippen MR) is 117 cm³/mol. The Morgan fingerprint density at radius 2 is 1.88 bits per heavy atom. The Balaban J connectivity index is 1.77. The fraction of sp³-hybridized carbons (Fsp3) is 0.208. The maximum absolute atomic E-state index is 12.8. The number of hydrogen-bond acceptors (Lipinski definition) is 5. The van der Waals surface area contributed by atoms with Gasteiger partial charge in [-0.05, 0) is 25.1 Å². The van der Waals surface area contributed by atoms with Crippen molar-refractivity contribution in [3.8, 4) is 11.5 Å². The summed E-state index contributed by atoms with van der Waals surface area (Å²) in [6, 6.07) is 8.97. The summed E-state index contributed by atoms with van der Waals surface area (Å²) in [5.41, 5.74) is -0.134. The summed E-state index contributed by atoms with van der Waals surface area (Å²) >= 11 is 0. The lowest BCUT2D eigenvalue weighted by molar-refractivity contribution is -0.144. The second kappa shape index (κ2) is 10.2. The minimum absolute atomic E-state index is 0.0729. The number of ketones is 1. The summed E-state index contributed by atoms with van der Waals surface area (Å²) in [6.07, 6.45) is 0.884. The van der Waals surface area contributed by atoms with Gasteiger partial charge in [-0.25, -0.2) is 9.78 Å². The molecule has 1 atom stereocenters. The largest absolute Gasteiger partial charge is 0.492 e. The highest BCUT2D eigenvalue weighted by molar-refractivity contribution is 6.06. The molecule has 7 nitrogen and oxygen atoms in total. The molecule has 0 unspecified atom stereocenters. The average molecular weight is 474 g/mol. The molecule has 0 bridgehead atoms. The molecule has 0 saturated carbocycles. The lowest BCUT2D eigenvalue weighted by Gasteiger charge is -2.15. The van der Waals surface area contributed by atoms with E-state index in [1.165, 1.54) is 20.2 Å². The Bertz CT molecular complexity index is 1200. The van der Waals surface area contributed by atoms with E-state index >= 15 is 0 Å². The number of aromatic nitrogens is 2. The number of carboxylic acids is 1. The van der Waals surface area contributed by atoms with E-state index < -0.39 is 29.6 Å². The van der Waals surface area contributed by atoms with Crippen molar-refractivity contribution in [3.05, 3.63) is 83.4 Å². The maximum Gasteiger partial charge on any atom is 0.416 e. The highest BCUT2D eigenvalue weighted by Gasteiger charge is 2.30. The molecule has 1 heterocycles. The first-order valence-corrected chi connectivity index (χ1v) is 10.1. The van der Waals surface area contributed by atoms with Gasteiger partial charge in [0.05, 0.1) is 12.7 Å². The van der Waals surface area contributed by atoms with Crippen molar-refractivity contribution in [1.29, 1.82) is 0 Å². The van der Waals surface area contributed by atoms with Crippen LogP contribution in [0, 0.1) is 0 Å². The Hall–Kier alpha value is -4.08. The molecule has 1 aromatic heterocycles. The molecule has 0 saturated heterocycles. The molecule has 2 aromatic carbocycles. The molecule has 34 heavy (non-hydrogen) atoms. The minimum Gasteiger partial charge on any atom is -0.492 e. The average Bonchev–Trinajstić information content (AvgIpc) is 3.26. The van der Waals surface area contributed by atoms with Gasteiger partial charge in [-0.3, -0.25) is 4.79 Å². The molecule has 0 radical (unpaired) electrons. The number of ether oxygens (including phenoxy) is 2. The zero-order chi connectivity index (χ0) is 24.9. The van der Waals surface area contributed by atoms with Crippen LogP contribution < -0.4 is 9.47 Å². The topological polar surface area (TPSA) is 90.7 Å². The van der Waals surface area contributed by atoms with Crippen LogP contribution >= 0.6 is 0 Å². The van der Waals surface area contributed by atoms with Crippen molar-refractivity contribution < 1.29 is 37.3 Å². The van der Waals surface area contributed by atoms with Crippen LogP contribution in [0.3, 0.4) is 0 Å². The molecule has 0 aliphatic rings. The van der Waals surface area contributed by atoms with Crippen LogP contribution in [-0.4, -0.2) is 39.6 Å². The van der Waals surface area contributed by atoms with Gasteiger partial charge in [-0.15, -0.1) is 0 Å². The van der Waals surface area contributed by atoms with Gasteiger partial charge >= 0.3 is 12.1 Å². The highest BCUT2D eigenvalue weighted by Crippen LogP contribution is 2.33. The van der Waals surface area contributed by atoms with E-state index in [-0.39, 0.29) is 23.7 Å². The SMILES string of the molecule is COc1c(/C=C/Cn2ccnc2C(=O)c2ccc(C(F)(F)F)cc2)cccc1O[C@@H](C)C(=O)O. The number of halogens is 3. The smallest absolute Gasteiger partial charge is 0.416 e. The number of rotatable bonds is 9. The van der Waals surface area contributed by atoms with E-state index in [9.17, 15) is 22.8 Å². The zero-order valence-corrected chi connectivity index (χ0v) is 18.2. The quantitative estimate of drug-likeness (QED) is 0.452. The van der Waals surface area contributed by atoms with Gasteiger partial charge in [-0.2, -0.15) is 13.2 Å². The second-order valence-corrected chi connectivity index (χ2v) is 7.19. The Morgan fingerprint density at radius 1 is 1.18 bits per heavy atom. The first kappa shape index (κ1) is 24.6. The molecule has 0 amide bonds. The third-order valence-electron chi connectivity index (χ3n) is 4.86. The molecule has 3 rings (SSSR count). The van der Waals surface area contributed by atoms with Crippen molar-refractivity contribution in [3.63, 3.8) is 0 Å². The lowest BCUT2D eigenvalue weighted by Crippen LogP contribution is -2.23. The number of allylic oxidation sites excluding steroid dienone is 1. The van der Waals surface area contributed by atoms with Crippen molar-refractivity contribution in [1.82, 2.24) is 9.55 Å². The van der Waals surface area contributed by atoms with E-state index in [0.29, 0.717) is 11.3 Å². The summed E-state index contributed by atoms with van der Waals surface area (Å²) in [5.74, 6) is -0.946. The predicted octanol–water partition coefficient (Wildman–Crippen LogP) is 4.71. The number of para-hydroxylation sites is 1. The van der Waals surface area contributed by atoms with Crippen molar-refractivity contribution in [2.75, 3.05) is 7.11 Å². The van der Waals surface area contributed by atoms with E-state index in [1.54, 1.807) is 41.1 Å². The minimum atomic E-state index is -4.49. The summed E-state index contributed by atoms with van der Waals surface area (Å²) in [7, 11) is 1.43. The summed E-state index contributed by atoms with van der Waals surface area (Å²) in [6.45, 7) is 1.64. The molecular formula is C24H21F3N2O5. The lowest BCUT2D eigenvalue weighted by atomic mass is 10.1. The van der Waals surface area contributed by atoms with Gasteiger partial charge in [0.15, 0.2) is 23.4 Å². The molecule has 0 fully saturated rings. The van der Waals surface area contributed by atoms with Gasteiger partial charge < -0.3 is 19.1 Å². The van der Waals surface area contributed by atoms with Crippen LogP contribution in [0.15, 0.2) is 60.9 Å². The highest BCUT2D eigenvalue weighted by atomic mass is 19.4. The summed E-state index contributed by atoms with van der Waals surface area (Å²) in [4.78, 5) is 27.9. The number of aliphatic carboxylic acids is 1. The van der Waals surface area contributed by atoms with E-state index in [4.69, 9.17) is 14.6 Å². The van der Waals surface area contributed by atoms with Gasteiger partial charge in [0.1, 0.15) is 0 Å². The third kappa shape index (κ3) is 5.64. The van der Waals surface area contributed by atoms with Crippen molar-refractivity contribution >= 4 is 17.8 Å². The number of carbonyl (C=O) groups is 2. The number of methoxy groups -OCH3 is 1. The van der Waals surface area contributed by atoms with Crippen LogP contribution in [0.25, 0.3) is 6.08 Å². The van der Waals surface area contributed by atoms with Crippen molar-refractivity contribution in [2.45, 2.75) is 25.7 Å². The molecular weight excluding hydrogens is 453 g/mol. The number of imidazole rings is 1. The molecule has 10 heteroatoms. The van der Waals surface area contributed by atoms with Gasteiger partial charge in [0.2, 0.25) is 5.78 Å². The summed E-state index contributed by atoms with van der Waals surface area (Å²) < 4.78 is 50.6. The van der Waals surface area contributed by atoms with Gasteiger partial charge in [0.25, 0.3) is 0 Å². The number of nitrogens with zero attached hydrogens (tertiary/aromatic N) is 2. The van der Waals surface area contributed by atoms with Crippen LogP contribution in [0.1, 0.15) is 34.2 Å². The number of hydrogen-bond donors (Lipinski definition) is 1. The number of alkyl halides is 3. The van der Waals surface area contributed by atoms with E-state index in [1.807, 2.05) is 0 Å². The monoisotopic (exact) mass is 474 g/mol. The van der Waals surface area contributed by atoms with Crippen LogP contribution in [-0.2, 0) is 17.5 Å². The fourth-order valence-electron chi connectivity index (χ4n) is 3.11. The second-order valence-electron chi connectivity index (χ2n) is 7.19. The Labute approximate surface area is 193 Å². The zero-order valence-electron chi connectivity index (χ0n) is 18.2. The third-order valence-corrected chi connectivity index (χ3v) is 4.86. The first-order valence-electron chi connectivity index (χ1n) is 10.1. The number of carbonyl (C=O) groups excluding carboxylic acids is 1. The van der Waals surface area contributed by atoms with Gasteiger partial charge in [-0.1, -0.05) is 36.4 Å². The molecule has 1 N–H and O–H groups in total. The Morgan fingerprint density at radius 3 is 2.50 bits per heavy atom. The van der Waals surface area contributed by atoms with Crippen LogP contribution in [0.5, 0.6) is 11.5 Å². The Kier molecular flexibility index (Phi) is 7.40. The molecule has 0 spiro atoms. The van der Waals surface area contributed by atoms with Crippen LogP contribution in [0.2, 0.25) is 0 Å². The fourth-order valence-corrected chi connectivity index (χ4v) is 3.11. The molecule has 3 aromatic rings. The molecule has 178 valence electrons. The molecule has 0 aliphatic heterocycles. The summed E-state index contributed by atoms with van der Waals surface area (Å²) in [5, 5.41) is 9.06. The number of benzene rings is 2. The number of carboxylic acid groups (broad SMARTS) is 1. The van der Waals surface area contributed by atoms with Crippen molar-refractivity contribution in [2.24, 2.45) is 0 Å². The first-order chi connectivity index (χ1) is 16.1. The molecule has 0 aliphatic carbocycles. The standard InChI is InChI=1S/C24H21F3N2O5/c1-15(23(31)32)34-19-7-3-5-17(21(19)33-2)6-4-13-29-14-12-28-22(29)20(30)16-8-10-18(11-9-16)24(25,26)27/h3-12,14-15H,13H2,1-2H3,(H,31,32)/b6-4+/t15-/m0/s1. The maximum atomic E-state index is 12.8. The van der Waals surface area contributed by atoms with Crippen LogP contribution in [0.4, 0.5) is 13.2 Å².